The highest BCUT2D eigenvalue weighted by Gasteiger charge is 2.15. The number of thioether (sulfide) groups is 1. The Balaban J connectivity index is 1.94. The van der Waals surface area contributed by atoms with Gasteiger partial charge in [0.1, 0.15) is 11.2 Å². The van der Waals surface area contributed by atoms with Gasteiger partial charge in [0.25, 0.3) is 0 Å². The highest BCUT2D eigenvalue weighted by molar-refractivity contribution is 8.03. The summed E-state index contributed by atoms with van der Waals surface area (Å²) < 4.78 is 4.77. The quantitative estimate of drug-likeness (QED) is 0.511. The molecule has 8 heteroatoms. The molecule has 0 aliphatic heterocycles. The van der Waals surface area contributed by atoms with E-state index >= 15 is 0 Å². The molecule has 21 heavy (non-hydrogen) atoms. The van der Waals surface area contributed by atoms with Gasteiger partial charge in [0, 0.05) is 16.6 Å². The van der Waals surface area contributed by atoms with Gasteiger partial charge in [-0.05, 0) is 43.0 Å². The number of anilines is 2. The van der Waals surface area contributed by atoms with Crippen LogP contribution in [0.15, 0.2) is 39.8 Å². The van der Waals surface area contributed by atoms with Gasteiger partial charge in [-0.25, -0.2) is 0 Å². The van der Waals surface area contributed by atoms with Gasteiger partial charge in [-0.1, -0.05) is 5.16 Å². The third kappa shape index (κ3) is 4.09. The summed E-state index contributed by atoms with van der Waals surface area (Å²) in [5, 5.41) is 18.8. The molecule has 0 fully saturated rings. The minimum atomic E-state index is -0.848. The summed E-state index contributed by atoms with van der Waals surface area (Å²) in [7, 11) is 0. The molecule has 2 amide bonds. The van der Waals surface area contributed by atoms with Crippen LogP contribution in [0.25, 0.3) is 0 Å². The third-order valence-electron chi connectivity index (χ3n) is 2.35. The van der Waals surface area contributed by atoms with Crippen LogP contribution in [0, 0.1) is 17.6 Å². The second kappa shape index (κ2) is 6.58. The zero-order chi connectivity index (χ0) is 15.2. The topological polar surface area (TPSA) is 108 Å². The van der Waals surface area contributed by atoms with Crippen molar-refractivity contribution in [2.75, 3.05) is 10.6 Å². The minimum absolute atomic E-state index is 0.174. The maximum absolute atomic E-state index is 11.7. The second-order valence-corrected chi connectivity index (χ2v) is 4.81. The highest BCUT2D eigenvalue weighted by atomic mass is 32.2. The number of benzene rings is 1. The van der Waals surface area contributed by atoms with E-state index in [-0.39, 0.29) is 5.82 Å². The number of carbonyl (C=O) groups excluding carboxylic acids is 2. The number of nitrogens with zero attached hydrogens (tertiary/aromatic N) is 2. The molecule has 0 saturated heterocycles. The molecular weight excluding hydrogens is 292 g/mol. The molecule has 0 saturated carbocycles. The number of hydrogen-bond acceptors (Lipinski definition) is 6. The maximum atomic E-state index is 11.7. The molecule has 1 aromatic carbocycles. The molecule has 2 rings (SSSR count). The number of carbonyl (C=O) groups is 2. The Hall–Kier alpha value is -2.79. The first-order valence-electron chi connectivity index (χ1n) is 5.80. The van der Waals surface area contributed by atoms with E-state index in [0.29, 0.717) is 11.4 Å². The van der Waals surface area contributed by atoms with E-state index in [4.69, 9.17) is 9.78 Å². The number of aryl methyl sites for hydroxylation is 1. The first-order valence-corrected chi connectivity index (χ1v) is 6.62. The van der Waals surface area contributed by atoms with Crippen molar-refractivity contribution in [3.63, 3.8) is 0 Å². The molecule has 0 unspecified atom stereocenters. The first kappa shape index (κ1) is 14.6. The molecule has 2 aromatic rings. The summed E-state index contributed by atoms with van der Waals surface area (Å²) in [4.78, 5) is 24.1. The lowest BCUT2D eigenvalue weighted by Crippen LogP contribution is -2.29. The van der Waals surface area contributed by atoms with Gasteiger partial charge < -0.3 is 9.84 Å². The van der Waals surface area contributed by atoms with Gasteiger partial charge in [-0.3, -0.25) is 14.9 Å². The summed E-state index contributed by atoms with van der Waals surface area (Å²) in [6.45, 7) is 1.67. The molecule has 1 heterocycles. The highest BCUT2D eigenvalue weighted by Crippen LogP contribution is 2.19. The number of amides is 2. The van der Waals surface area contributed by atoms with Crippen LogP contribution in [0.2, 0.25) is 0 Å². The van der Waals surface area contributed by atoms with Crippen molar-refractivity contribution in [2.45, 2.75) is 11.8 Å². The number of nitrogens with one attached hydrogen (secondary N) is 2. The molecule has 0 radical (unpaired) electrons. The van der Waals surface area contributed by atoms with Gasteiger partial charge in [0.05, 0.1) is 0 Å². The van der Waals surface area contributed by atoms with E-state index < -0.39 is 11.8 Å². The lowest BCUT2D eigenvalue weighted by molar-refractivity contribution is -0.133. The second-order valence-electron chi connectivity index (χ2n) is 3.95. The van der Waals surface area contributed by atoms with Crippen molar-refractivity contribution in [3.8, 4) is 5.40 Å². The van der Waals surface area contributed by atoms with Crippen LogP contribution in [0.1, 0.15) is 5.76 Å². The third-order valence-corrected chi connectivity index (χ3v) is 2.95. The molecule has 0 spiro atoms. The summed E-state index contributed by atoms with van der Waals surface area (Å²) in [5.41, 5.74) is 0.453. The molecule has 2 N–H and O–H groups in total. The fraction of sp³-hybridized carbons (Fsp3) is 0.0769. The fourth-order valence-corrected chi connectivity index (χ4v) is 1.82. The molecule has 0 atom stereocenters. The Bertz CT molecular complexity index is 703. The van der Waals surface area contributed by atoms with Crippen LogP contribution in [0.3, 0.4) is 0 Å². The summed E-state index contributed by atoms with van der Waals surface area (Å²) in [6, 6.07) is 8.04. The zero-order valence-corrected chi connectivity index (χ0v) is 11.7. The number of rotatable bonds is 3. The van der Waals surface area contributed by atoms with Crippen molar-refractivity contribution < 1.29 is 14.1 Å². The Morgan fingerprint density at radius 2 is 1.90 bits per heavy atom. The predicted octanol–water partition coefficient (Wildman–Crippen LogP) is 2.13. The Labute approximate surface area is 124 Å². The fourth-order valence-electron chi connectivity index (χ4n) is 1.45. The molecule has 0 bridgehead atoms. The number of nitriles is 1. The van der Waals surface area contributed by atoms with Crippen LogP contribution in [-0.4, -0.2) is 17.0 Å². The first-order chi connectivity index (χ1) is 10.1. The van der Waals surface area contributed by atoms with Gasteiger partial charge in [-0.15, -0.1) is 0 Å². The van der Waals surface area contributed by atoms with E-state index in [1.165, 1.54) is 6.07 Å². The van der Waals surface area contributed by atoms with Gasteiger partial charge in [-0.2, -0.15) is 5.26 Å². The van der Waals surface area contributed by atoms with Crippen LogP contribution >= 0.6 is 11.8 Å². The smallest absolute Gasteiger partial charge is 0.315 e. The van der Waals surface area contributed by atoms with E-state index in [1.807, 2.05) is 5.40 Å². The van der Waals surface area contributed by atoms with Crippen molar-refractivity contribution >= 4 is 35.1 Å². The minimum Gasteiger partial charge on any atom is -0.360 e. The molecule has 106 valence electrons. The average molecular weight is 302 g/mol. The number of aromatic nitrogens is 1. The van der Waals surface area contributed by atoms with E-state index in [0.717, 1.165) is 16.7 Å². The molecular formula is C13H10N4O3S. The van der Waals surface area contributed by atoms with E-state index in [2.05, 4.69) is 15.8 Å². The normalized spacial score (nSPS) is 9.71. The Morgan fingerprint density at radius 1 is 1.24 bits per heavy atom. The monoisotopic (exact) mass is 302 g/mol. The largest absolute Gasteiger partial charge is 0.360 e. The maximum Gasteiger partial charge on any atom is 0.315 e. The predicted molar refractivity (Wildman–Crippen MR) is 76.4 cm³/mol. The zero-order valence-electron chi connectivity index (χ0n) is 10.9. The SMILES string of the molecule is Cc1cc(NC(=O)C(=O)Nc2ccc(SC#N)cc2)no1. The van der Waals surface area contributed by atoms with Crippen LogP contribution in [0.4, 0.5) is 11.5 Å². The number of thiocyanates is 1. The van der Waals surface area contributed by atoms with E-state index in [9.17, 15) is 9.59 Å². The standard InChI is InChI=1S/C13H10N4O3S/c1-8-6-11(17-20-8)16-13(19)12(18)15-9-2-4-10(5-3-9)21-7-14/h2-6H,1H3,(H,15,18)(H,16,17,19). The summed E-state index contributed by atoms with van der Waals surface area (Å²) >= 11 is 1.01. The summed E-state index contributed by atoms with van der Waals surface area (Å²) in [5.74, 6) is -0.972. The Morgan fingerprint density at radius 3 is 2.48 bits per heavy atom. The molecule has 1 aromatic heterocycles. The van der Waals surface area contributed by atoms with Crippen LogP contribution < -0.4 is 10.6 Å². The summed E-state index contributed by atoms with van der Waals surface area (Å²) in [6.07, 6.45) is 0. The van der Waals surface area contributed by atoms with Crippen LogP contribution in [0.5, 0.6) is 0 Å². The van der Waals surface area contributed by atoms with Crippen molar-refractivity contribution in [2.24, 2.45) is 0 Å². The van der Waals surface area contributed by atoms with Crippen LogP contribution in [-0.2, 0) is 9.59 Å². The average Bonchev–Trinajstić information content (AvgIpc) is 2.86. The van der Waals surface area contributed by atoms with Gasteiger partial charge >= 0.3 is 11.8 Å². The lowest BCUT2D eigenvalue weighted by Gasteiger charge is -2.04. The Kier molecular flexibility index (Phi) is 4.58. The van der Waals surface area contributed by atoms with Crippen molar-refractivity contribution in [1.29, 1.82) is 5.26 Å². The van der Waals surface area contributed by atoms with Crippen molar-refractivity contribution in [1.82, 2.24) is 5.16 Å². The van der Waals surface area contributed by atoms with Crippen molar-refractivity contribution in [3.05, 3.63) is 36.1 Å². The number of hydrogen-bond donors (Lipinski definition) is 2. The van der Waals surface area contributed by atoms with Gasteiger partial charge in [0.15, 0.2) is 5.82 Å². The lowest BCUT2D eigenvalue weighted by atomic mass is 10.3. The molecule has 0 aliphatic carbocycles. The molecule has 0 aliphatic rings. The molecule has 7 nitrogen and oxygen atoms in total. The van der Waals surface area contributed by atoms with Gasteiger partial charge in [0.2, 0.25) is 0 Å². The van der Waals surface area contributed by atoms with E-state index in [1.54, 1.807) is 31.2 Å².